The second kappa shape index (κ2) is 18.6. The third kappa shape index (κ3) is 10.1. The second-order valence-corrected chi connectivity index (χ2v) is 15.6. The van der Waals surface area contributed by atoms with Crippen LogP contribution in [0.5, 0.6) is 0 Å². The Morgan fingerprint density at radius 3 is 1.00 bits per heavy atom. The molecule has 0 amide bonds. The second-order valence-electron chi connectivity index (χ2n) is 12.4. The number of hydrogen-bond donors (Lipinski definition) is 0. The molecule has 0 N–H and O–H groups in total. The summed E-state index contributed by atoms with van der Waals surface area (Å²) in [7, 11) is -7.69. The zero-order valence-electron chi connectivity index (χ0n) is 30.6. The van der Waals surface area contributed by atoms with Crippen LogP contribution in [0.2, 0.25) is 0 Å². The average Bonchev–Trinajstić information content (AvgIpc) is 3.25. The zero-order chi connectivity index (χ0) is 38.8. The summed E-state index contributed by atoms with van der Waals surface area (Å²) < 4.78 is 59.5. The van der Waals surface area contributed by atoms with Crippen molar-refractivity contribution in [2.45, 2.75) is 9.79 Å². The molecule has 6 aromatic carbocycles. The van der Waals surface area contributed by atoms with E-state index in [1.54, 1.807) is 85.2 Å². The molecule has 0 bridgehead atoms. The van der Waals surface area contributed by atoms with Crippen LogP contribution in [-0.2, 0) is 39.5 Å². The molecule has 0 atom stereocenters. The normalized spacial score (nSPS) is 10.9. The maximum absolute atomic E-state index is 12.8. The zero-order valence-corrected chi connectivity index (χ0v) is 35.2. The smallest absolute Gasteiger partial charge is 0.572 e. The van der Waals surface area contributed by atoms with Crippen LogP contribution in [0.15, 0.2) is 216 Å². The van der Waals surface area contributed by atoms with Gasteiger partial charge in [0, 0.05) is 12.4 Å². The number of pyridine rings is 2. The fraction of sp³-hybridized carbons (Fsp3) is 0. The summed E-state index contributed by atoms with van der Waals surface area (Å²) in [6, 6.07) is 58.3. The number of sulfonamides is 2. The monoisotopic (exact) mass is 834 g/mol. The SMILES string of the molecule is O=S(=O)([N-]c1ccccc1-c1ccccn1)c1ccc(-c2ccccc2)cc1.O=S(=O)([N-]c1ccccc1-c1ccccn1)c1ccc(-c2ccccc2)cc1.[Zn+2]. The van der Waals surface area contributed by atoms with Crippen molar-refractivity contribution >= 4 is 31.4 Å². The molecule has 0 saturated carbocycles. The number of aromatic nitrogens is 2. The van der Waals surface area contributed by atoms with Gasteiger partial charge in [-0.3, -0.25) is 9.97 Å². The van der Waals surface area contributed by atoms with Gasteiger partial charge in [0.25, 0.3) is 0 Å². The molecule has 11 heteroatoms. The van der Waals surface area contributed by atoms with Crippen LogP contribution in [0.4, 0.5) is 11.4 Å². The molecule has 8 rings (SSSR count). The quantitative estimate of drug-likeness (QED) is 0.126. The third-order valence-electron chi connectivity index (χ3n) is 8.65. The molecule has 0 aliphatic heterocycles. The van der Waals surface area contributed by atoms with Gasteiger partial charge < -0.3 is 9.44 Å². The molecule has 0 fully saturated rings. The average molecular weight is 836 g/mol. The van der Waals surface area contributed by atoms with E-state index in [9.17, 15) is 16.8 Å². The van der Waals surface area contributed by atoms with Crippen LogP contribution in [0, 0.1) is 0 Å². The Hall–Kier alpha value is -6.26. The Labute approximate surface area is 346 Å². The summed E-state index contributed by atoms with van der Waals surface area (Å²) >= 11 is 0. The maximum Gasteiger partial charge on any atom is 2.00 e. The number of benzene rings is 6. The molecule has 8 aromatic rings. The largest absolute Gasteiger partial charge is 2.00 e. The molecule has 0 unspecified atom stereocenters. The molecule has 0 saturated heterocycles. The van der Waals surface area contributed by atoms with Crippen molar-refractivity contribution < 1.29 is 36.3 Å². The molecule has 57 heavy (non-hydrogen) atoms. The standard InChI is InChI=1S/2C23H17N2O2S.Zn/c2*26-28(27,20-15-13-19(14-16-20)18-8-2-1-3-9-18)25-23-12-5-4-10-21(23)22-11-6-7-17-24-22;/h2*1-17H;/q2*-1;+2. The topological polar surface area (TPSA) is 122 Å². The number of hydrogen-bond acceptors (Lipinski definition) is 6. The predicted octanol–water partition coefficient (Wildman–Crippen LogP) is 11.6. The molecule has 0 aliphatic rings. The van der Waals surface area contributed by atoms with E-state index in [4.69, 9.17) is 0 Å². The van der Waals surface area contributed by atoms with Crippen LogP contribution in [0.3, 0.4) is 0 Å². The summed E-state index contributed by atoms with van der Waals surface area (Å²) in [4.78, 5) is 8.92. The Bertz CT molecular complexity index is 2550. The Kier molecular flexibility index (Phi) is 13.2. The first-order chi connectivity index (χ1) is 27.3. The summed E-state index contributed by atoms with van der Waals surface area (Å²) in [5, 5.41) is 0. The predicted molar refractivity (Wildman–Crippen MR) is 224 cm³/mol. The summed E-state index contributed by atoms with van der Waals surface area (Å²) in [5.41, 5.74) is 7.41. The van der Waals surface area contributed by atoms with Crippen molar-refractivity contribution in [3.63, 3.8) is 0 Å². The third-order valence-corrected chi connectivity index (χ3v) is 11.3. The molecule has 0 aliphatic carbocycles. The van der Waals surface area contributed by atoms with E-state index in [1.807, 2.05) is 121 Å². The van der Waals surface area contributed by atoms with Gasteiger partial charge in [0.15, 0.2) is 0 Å². The van der Waals surface area contributed by atoms with Crippen LogP contribution in [0.1, 0.15) is 0 Å². The van der Waals surface area contributed by atoms with Gasteiger partial charge in [-0.1, -0.05) is 146 Å². The fourth-order valence-electron chi connectivity index (χ4n) is 5.85. The first-order valence-electron chi connectivity index (χ1n) is 17.5. The molecule has 0 spiro atoms. The first-order valence-corrected chi connectivity index (χ1v) is 20.4. The summed E-state index contributed by atoms with van der Waals surface area (Å²) in [5.74, 6) is 0. The molecule has 0 radical (unpaired) electrons. The van der Waals surface area contributed by atoms with Gasteiger partial charge in [0.05, 0.1) is 21.2 Å². The molecule has 2 heterocycles. The minimum absolute atomic E-state index is 0. The van der Waals surface area contributed by atoms with Crippen molar-refractivity contribution in [2.24, 2.45) is 0 Å². The van der Waals surface area contributed by atoms with Gasteiger partial charge >= 0.3 is 19.5 Å². The van der Waals surface area contributed by atoms with Gasteiger partial charge in [-0.25, -0.2) is 16.8 Å². The first kappa shape index (κ1) is 40.4. The number of rotatable bonds is 10. The number of nitrogens with zero attached hydrogens (tertiary/aromatic N) is 4. The van der Waals surface area contributed by atoms with E-state index in [0.717, 1.165) is 22.3 Å². The Balaban J connectivity index is 0.000000189. The minimum atomic E-state index is -3.85. The van der Waals surface area contributed by atoms with E-state index in [2.05, 4.69) is 19.4 Å². The van der Waals surface area contributed by atoms with Crippen molar-refractivity contribution in [1.29, 1.82) is 0 Å². The Morgan fingerprint density at radius 2 is 0.649 bits per heavy atom. The fourth-order valence-corrected chi connectivity index (χ4v) is 7.86. The summed E-state index contributed by atoms with van der Waals surface area (Å²) in [6.07, 6.45) is 3.34. The van der Waals surface area contributed by atoms with Gasteiger partial charge in [0.1, 0.15) is 20.0 Å². The van der Waals surface area contributed by atoms with E-state index in [-0.39, 0.29) is 29.3 Å². The van der Waals surface area contributed by atoms with Crippen LogP contribution in [-0.4, -0.2) is 26.8 Å². The van der Waals surface area contributed by atoms with Gasteiger partial charge in [-0.15, -0.1) is 11.4 Å². The van der Waals surface area contributed by atoms with Crippen LogP contribution in [0.25, 0.3) is 54.2 Å². The van der Waals surface area contributed by atoms with E-state index in [0.29, 0.717) is 33.9 Å². The van der Waals surface area contributed by atoms with Crippen LogP contribution < -0.4 is 0 Å². The molecule has 2 aromatic heterocycles. The minimum Gasteiger partial charge on any atom is -0.572 e. The van der Waals surface area contributed by atoms with Gasteiger partial charge in [-0.05, 0) is 81.9 Å². The van der Waals surface area contributed by atoms with Crippen molar-refractivity contribution in [2.75, 3.05) is 0 Å². The molecule has 276 valence electrons. The van der Waals surface area contributed by atoms with E-state index in [1.165, 1.54) is 0 Å². The van der Waals surface area contributed by atoms with Crippen molar-refractivity contribution in [3.05, 3.63) is 216 Å². The van der Waals surface area contributed by atoms with Crippen LogP contribution >= 0.6 is 0 Å². The van der Waals surface area contributed by atoms with E-state index >= 15 is 0 Å². The molecule has 8 nitrogen and oxygen atoms in total. The Morgan fingerprint density at radius 1 is 0.333 bits per heavy atom. The van der Waals surface area contributed by atoms with Crippen molar-refractivity contribution in [1.82, 2.24) is 9.97 Å². The van der Waals surface area contributed by atoms with Gasteiger partial charge in [0.2, 0.25) is 0 Å². The summed E-state index contributed by atoms with van der Waals surface area (Å²) in [6.45, 7) is 0. The van der Waals surface area contributed by atoms with Crippen molar-refractivity contribution in [3.8, 4) is 44.8 Å². The van der Waals surface area contributed by atoms with E-state index < -0.39 is 20.0 Å². The maximum atomic E-state index is 12.8. The molecular weight excluding hydrogens is 802 g/mol. The van der Waals surface area contributed by atoms with Gasteiger partial charge in [-0.2, -0.15) is 0 Å². The molecular formula is C46H34N4O4S2Zn.